The topological polar surface area (TPSA) is 41.6 Å². The van der Waals surface area contributed by atoms with Crippen molar-refractivity contribution in [1.29, 1.82) is 0 Å². The number of likely N-dealkylation sites (tertiary alicyclic amines) is 1. The van der Waals surface area contributed by atoms with Gasteiger partial charge in [-0.2, -0.15) is 0 Å². The number of urea groups is 1. The van der Waals surface area contributed by atoms with Crippen LogP contribution in [-0.4, -0.2) is 42.8 Å². The van der Waals surface area contributed by atoms with Gasteiger partial charge in [0.1, 0.15) is 0 Å². The van der Waals surface area contributed by atoms with Gasteiger partial charge in [0.2, 0.25) is 0 Å². The third kappa shape index (κ3) is 2.48. The number of hydrogen-bond donors (Lipinski definition) is 1. The maximum Gasteiger partial charge on any atom is 0.317 e. The Labute approximate surface area is 97.3 Å². The van der Waals surface area contributed by atoms with Crippen LogP contribution in [-0.2, 0) is 4.74 Å². The molecule has 1 N–H and O–H groups in total. The minimum absolute atomic E-state index is 0.00479. The van der Waals surface area contributed by atoms with E-state index in [-0.39, 0.29) is 11.6 Å². The molecule has 2 fully saturated rings. The minimum atomic E-state index is -0.00479. The molecule has 2 rings (SSSR count). The highest BCUT2D eigenvalue weighted by Crippen LogP contribution is 2.34. The molecule has 0 bridgehead atoms. The highest BCUT2D eigenvalue weighted by Gasteiger charge is 2.43. The first kappa shape index (κ1) is 11.7. The van der Waals surface area contributed by atoms with E-state index in [4.69, 9.17) is 4.74 Å². The Morgan fingerprint density at radius 3 is 2.94 bits per heavy atom. The van der Waals surface area contributed by atoms with Gasteiger partial charge < -0.3 is 15.0 Å². The monoisotopic (exact) mass is 226 g/mol. The fourth-order valence-corrected chi connectivity index (χ4v) is 2.50. The van der Waals surface area contributed by atoms with Crippen LogP contribution in [0, 0.1) is 5.92 Å². The Balaban J connectivity index is 1.81. The van der Waals surface area contributed by atoms with Gasteiger partial charge in [0, 0.05) is 19.7 Å². The van der Waals surface area contributed by atoms with Gasteiger partial charge in [-0.3, -0.25) is 0 Å². The summed E-state index contributed by atoms with van der Waals surface area (Å²) in [5.74, 6) is 0.503. The van der Waals surface area contributed by atoms with E-state index in [1.807, 2.05) is 4.90 Å². The fraction of sp³-hybridized carbons (Fsp3) is 0.917. The van der Waals surface area contributed by atoms with Crippen molar-refractivity contribution in [2.24, 2.45) is 5.92 Å². The summed E-state index contributed by atoms with van der Waals surface area (Å²) in [7, 11) is 0. The lowest BCUT2D eigenvalue weighted by Gasteiger charge is -2.23. The summed E-state index contributed by atoms with van der Waals surface area (Å²) >= 11 is 0. The first-order valence-electron chi connectivity index (χ1n) is 6.28. The van der Waals surface area contributed by atoms with Crippen LogP contribution < -0.4 is 5.32 Å². The van der Waals surface area contributed by atoms with Crippen molar-refractivity contribution in [1.82, 2.24) is 10.2 Å². The summed E-state index contributed by atoms with van der Waals surface area (Å²) in [5, 5.41) is 2.96. The molecule has 4 heteroatoms. The lowest BCUT2D eigenvalue weighted by Crippen LogP contribution is -2.42. The quantitative estimate of drug-likeness (QED) is 0.777. The van der Waals surface area contributed by atoms with Gasteiger partial charge in [0.25, 0.3) is 0 Å². The lowest BCUT2D eigenvalue weighted by atomic mass is 10.00. The maximum absolute atomic E-state index is 11.8. The molecule has 0 aliphatic carbocycles. The second-order valence-corrected chi connectivity index (χ2v) is 5.39. The van der Waals surface area contributed by atoms with Gasteiger partial charge in [-0.15, -0.1) is 0 Å². The standard InChI is InChI=1S/C12H22N2O2/c1-10(2)8-13-11(15)14-6-5-12(9-14)4-3-7-16-12/h10H,3-9H2,1-2H3,(H,13,15)/t12-/m1/s1. The van der Waals surface area contributed by atoms with Crippen LogP contribution in [0.4, 0.5) is 4.79 Å². The van der Waals surface area contributed by atoms with Crippen LogP contribution in [0.5, 0.6) is 0 Å². The van der Waals surface area contributed by atoms with Gasteiger partial charge >= 0.3 is 6.03 Å². The molecule has 0 aromatic rings. The fourth-order valence-electron chi connectivity index (χ4n) is 2.50. The van der Waals surface area contributed by atoms with Crippen LogP contribution in [0.3, 0.4) is 0 Å². The number of hydrogen-bond acceptors (Lipinski definition) is 2. The molecule has 2 amide bonds. The molecule has 2 saturated heterocycles. The second kappa shape index (κ2) is 4.62. The second-order valence-electron chi connectivity index (χ2n) is 5.39. The van der Waals surface area contributed by atoms with Gasteiger partial charge in [0.15, 0.2) is 0 Å². The first-order chi connectivity index (χ1) is 7.61. The number of rotatable bonds is 2. The van der Waals surface area contributed by atoms with Crippen molar-refractivity contribution in [3.8, 4) is 0 Å². The largest absolute Gasteiger partial charge is 0.373 e. The van der Waals surface area contributed by atoms with Crippen LogP contribution >= 0.6 is 0 Å². The summed E-state index contributed by atoms with van der Waals surface area (Å²) < 4.78 is 5.79. The molecule has 0 unspecified atom stereocenters. The molecular formula is C12H22N2O2. The number of carbonyl (C=O) groups is 1. The molecular weight excluding hydrogens is 204 g/mol. The molecule has 0 saturated carbocycles. The highest BCUT2D eigenvalue weighted by atomic mass is 16.5. The van der Waals surface area contributed by atoms with Crippen molar-refractivity contribution in [3.05, 3.63) is 0 Å². The van der Waals surface area contributed by atoms with Crippen LogP contribution in [0.2, 0.25) is 0 Å². The minimum Gasteiger partial charge on any atom is -0.373 e. The maximum atomic E-state index is 11.8. The number of carbonyl (C=O) groups excluding carboxylic acids is 1. The highest BCUT2D eigenvalue weighted by molar-refractivity contribution is 5.74. The van der Waals surface area contributed by atoms with E-state index in [1.54, 1.807) is 0 Å². The van der Waals surface area contributed by atoms with Crippen molar-refractivity contribution in [2.45, 2.75) is 38.7 Å². The molecule has 16 heavy (non-hydrogen) atoms. The molecule has 2 aliphatic heterocycles. The van der Waals surface area contributed by atoms with Gasteiger partial charge in [0.05, 0.1) is 12.1 Å². The average molecular weight is 226 g/mol. The van der Waals surface area contributed by atoms with Gasteiger partial charge in [-0.05, 0) is 25.2 Å². The zero-order valence-electron chi connectivity index (χ0n) is 10.3. The van der Waals surface area contributed by atoms with Crippen molar-refractivity contribution < 1.29 is 9.53 Å². The normalized spacial score (nSPS) is 29.3. The molecule has 2 heterocycles. The lowest BCUT2D eigenvalue weighted by molar-refractivity contribution is 0.0152. The van der Waals surface area contributed by atoms with E-state index in [2.05, 4.69) is 19.2 Å². The Bertz CT molecular complexity index is 260. The van der Waals surface area contributed by atoms with Crippen LogP contribution in [0.25, 0.3) is 0 Å². The molecule has 92 valence electrons. The van der Waals surface area contributed by atoms with E-state index in [0.717, 1.165) is 45.5 Å². The molecule has 0 aromatic heterocycles. The Morgan fingerprint density at radius 2 is 2.31 bits per heavy atom. The Kier molecular flexibility index (Phi) is 3.38. The van der Waals surface area contributed by atoms with E-state index < -0.39 is 0 Å². The van der Waals surface area contributed by atoms with E-state index >= 15 is 0 Å². The number of nitrogens with zero attached hydrogens (tertiary/aromatic N) is 1. The number of nitrogens with one attached hydrogen (secondary N) is 1. The Morgan fingerprint density at radius 1 is 1.50 bits per heavy atom. The van der Waals surface area contributed by atoms with Crippen LogP contribution in [0.15, 0.2) is 0 Å². The van der Waals surface area contributed by atoms with Crippen molar-refractivity contribution >= 4 is 6.03 Å². The van der Waals surface area contributed by atoms with Gasteiger partial charge in [-0.25, -0.2) is 4.79 Å². The van der Waals surface area contributed by atoms with E-state index in [1.165, 1.54) is 0 Å². The van der Waals surface area contributed by atoms with Gasteiger partial charge in [-0.1, -0.05) is 13.8 Å². The summed E-state index contributed by atoms with van der Waals surface area (Å²) in [4.78, 5) is 13.7. The molecule has 2 aliphatic rings. The molecule has 1 spiro atoms. The predicted molar refractivity (Wildman–Crippen MR) is 62.3 cm³/mol. The third-order valence-electron chi connectivity index (χ3n) is 3.45. The first-order valence-corrected chi connectivity index (χ1v) is 6.28. The SMILES string of the molecule is CC(C)CNC(=O)N1CC[C@]2(CCCO2)C1. The zero-order chi connectivity index (χ0) is 11.6. The summed E-state index contributed by atoms with van der Waals surface area (Å²) in [6, 6.07) is 0.0704. The van der Waals surface area contributed by atoms with E-state index in [0.29, 0.717) is 5.92 Å². The summed E-state index contributed by atoms with van der Waals surface area (Å²) in [5.41, 5.74) is -0.00479. The Hall–Kier alpha value is -0.770. The molecule has 4 nitrogen and oxygen atoms in total. The molecule has 1 atom stereocenters. The number of ether oxygens (including phenoxy) is 1. The zero-order valence-corrected chi connectivity index (χ0v) is 10.3. The van der Waals surface area contributed by atoms with Crippen molar-refractivity contribution in [2.75, 3.05) is 26.2 Å². The summed E-state index contributed by atoms with van der Waals surface area (Å²) in [6.45, 7) is 7.43. The van der Waals surface area contributed by atoms with E-state index in [9.17, 15) is 4.79 Å². The molecule has 0 aromatic carbocycles. The van der Waals surface area contributed by atoms with Crippen LogP contribution in [0.1, 0.15) is 33.1 Å². The predicted octanol–water partition coefficient (Wildman–Crippen LogP) is 1.61. The number of amides is 2. The summed E-state index contributed by atoms with van der Waals surface area (Å²) in [6.07, 6.45) is 3.25. The third-order valence-corrected chi connectivity index (χ3v) is 3.45. The van der Waals surface area contributed by atoms with Crippen molar-refractivity contribution in [3.63, 3.8) is 0 Å². The average Bonchev–Trinajstić information content (AvgIpc) is 2.86. The smallest absolute Gasteiger partial charge is 0.317 e. The molecule has 0 radical (unpaired) electrons.